The molecule has 25 heavy (non-hydrogen) atoms. The summed E-state index contributed by atoms with van der Waals surface area (Å²) in [6.45, 7) is 1.94. The van der Waals surface area contributed by atoms with Crippen LogP contribution in [-0.2, 0) is 24.2 Å². The first-order chi connectivity index (χ1) is 11.6. The van der Waals surface area contributed by atoms with Crippen molar-refractivity contribution in [2.24, 2.45) is 10.7 Å². The fraction of sp³-hybridized carbons (Fsp3) is 0.263. The number of benzene rings is 2. The van der Waals surface area contributed by atoms with Crippen LogP contribution >= 0.6 is 24.0 Å². The third kappa shape index (κ3) is 5.45. The molecule has 0 aliphatic heterocycles. The van der Waals surface area contributed by atoms with Gasteiger partial charge in [0.05, 0.1) is 6.54 Å². The number of amides is 1. The Kier molecular flexibility index (Phi) is 6.81. The van der Waals surface area contributed by atoms with Crippen LogP contribution in [0.1, 0.15) is 30.0 Å². The maximum absolute atomic E-state index is 11.1. The summed E-state index contributed by atoms with van der Waals surface area (Å²) in [7, 11) is 0. The number of aliphatic imine (C=N–C) groups is 1. The van der Waals surface area contributed by atoms with Crippen LogP contribution in [0, 0.1) is 0 Å². The highest BCUT2D eigenvalue weighted by Gasteiger charge is 2.10. The molecule has 0 saturated heterocycles. The van der Waals surface area contributed by atoms with E-state index in [0.717, 1.165) is 23.4 Å². The molecule has 132 valence electrons. The van der Waals surface area contributed by atoms with Crippen LogP contribution in [0.5, 0.6) is 0 Å². The number of aryl methyl sites for hydroxylation is 2. The Morgan fingerprint density at radius 2 is 1.84 bits per heavy atom. The molecule has 0 fully saturated rings. The van der Waals surface area contributed by atoms with E-state index in [1.165, 1.54) is 30.9 Å². The van der Waals surface area contributed by atoms with Gasteiger partial charge in [0.2, 0.25) is 5.91 Å². The van der Waals surface area contributed by atoms with Crippen molar-refractivity contribution in [1.82, 2.24) is 0 Å². The van der Waals surface area contributed by atoms with Crippen LogP contribution in [0.4, 0.5) is 11.4 Å². The van der Waals surface area contributed by atoms with Crippen molar-refractivity contribution in [2.45, 2.75) is 32.7 Å². The molecule has 0 heterocycles. The molecule has 1 aliphatic rings. The minimum atomic E-state index is -0.0894. The van der Waals surface area contributed by atoms with Gasteiger partial charge >= 0.3 is 0 Å². The average molecular weight is 450 g/mol. The lowest BCUT2D eigenvalue weighted by molar-refractivity contribution is -0.114. The van der Waals surface area contributed by atoms with E-state index in [-0.39, 0.29) is 29.9 Å². The average Bonchev–Trinajstić information content (AvgIpc) is 3.00. The minimum absolute atomic E-state index is 0. The second-order valence-electron chi connectivity index (χ2n) is 6.05. The third-order valence-electron chi connectivity index (χ3n) is 4.05. The van der Waals surface area contributed by atoms with Gasteiger partial charge in [0.25, 0.3) is 0 Å². The van der Waals surface area contributed by atoms with E-state index in [1.54, 1.807) is 0 Å². The number of anilines is 2. The topological polar surface area (TPSA) is 79.5 Å². The molecular weight excluding hydrogens is 427 g/mol. The summed E-state index contributed by atoms with van der Waals surface area (Å²) >= 11 is 0. The highest BCUT2D eigenvalue weighted by Crippen LogP contribution is 2.24. The molecule has 2 aromatic rings. The van der Waals surface area contributed by atoms with Gasteiger partial charge in [-0.15, -0.1) is 24.0 Å². The van der Waals surface area contributed by atoms with Crippen molar-refractivity contribution in [3.05, 3.63) is 59.2 Å². The minimum Gasteiger partial charge on any atom is -0.370 e. The van der Waals surface area contributed by atoms with E-state index in [1.807, 2.05) is 30.3 Å². The van der Waals surface area contributed by atoms with Crippen molar-refractivity contribution < 1.29 is 4.79 Å². The lowest BCUT2D eigenvalue weighted by Gasteiger charge is -2.08. The zero-order chi connectivity index (χ0) is 16.9. The molecule has 2 aromatic carbocycles. The fourth-order valence-corrected chi connectivity index (χ4v) is 2.96. The van der Waals surface area contributed by atoms with Crippen LogP contribution in [-0.4, -0.2) is 11.9 Å². The number of nitrogens with zero attached hydrogens (tertiary/aromatic N) is 1. The molecular formula is C19H23IN4O. The van der Waals surface area contributed by atoms with Crippen LogP contribution < -0.4 is 16.4 Å². The number of halogens is 1. The molecule has 0 saturated carbocycles. The molecule has 0 unspecified atom stereocenters. The van der Waals surface area contributed by atoms with Crippen molar-refractivity contribution in [1.29, 1.82) is 0 Å². The number of nitrogens with two attached hydrogens (primary N) is 1. The Balaban J connectivity index is 0.00000225. The quantitative estimate of drug-likeness (QED) is 0.378. The van der Waals surface area contributed by atoms with Crippen molar-refractivity contribution >= 4 is 47.2 Å². The fourth-order valence-electron chi connectivity index (χ4n) is 2.96. The Morgan fingerprint density at radius 1 is 1.08 bits per heavy atom. The summed E-state index contributed by atoms with van der Waals surface area (Å²) in [5, 5.41) is 5.91. The predicted octanol–water partition coefficient (Wildman–Crippen LogP) is 3.68. The zero-order valence-electron chi connectivity index (χ0n) is 14.2. The lowest BCUT2D eigenvalue weighted by Crippen LogP contribution is -2.22. The van der Waals surface area contributed by atoms with E-state index < -0.39 is 0 Å². The van der Waals surface area contributed by atoms with Gasteiger partial charge in [0.1, 0.15) is 0 Å². The van der Waals surface area contributed by atoms with Crippen LogP contribution in [0.3, 0.4) is 0 Å². The Bertz CT molecular complexity index is 789. The molecule has 3 rings (SSSR count). The molecule has 0 atom stereocenters. The van der Waals surface area contributed by atoms with Gasteiger partial charge < -0.3 is 16.4 Å². The first-order valence-electron chi connectivity index (χ1n) is 8.15. The summed E-state index contributed by atoms with van der Waals surface area (Å²) in [5.74, 6) is 0.298. The number of carbonyl (C=O) groups excluding carboxylic acids is 1. The predicted molar refractivity (Wildman–Crippen MR) is 114 cm³/mol. The van der Waals surface area contributed by atoms with Crippen molar-refractivity contribution in [3.63, 3.8) is 0 Å². The number of guanidine groups is 1. The number of hydrogen-bond donors (Lipinski definition) is 3. The summed E-state index contributed by atoms with van der Waals surface area (Å²) in [6, 6.07) is 14.0. The second-order valence-corrected chi connectivity index (χ2v) is 6.05. The molecule has 5 nitrogen and oxygen atoms in total. The smallest absolute Gasteiger partial charge is 0.221 e. The Morgan fingerprint density at radius 3 is 2.64 bits per heavy atom. The largest absolute Gasteiger partial charge is 0.370 e. The van der Waals surface area contributed by atoms with Gasteiger partial charge in [0.15, 0.2) is 5.96 Å². The van der Waals surface area contributed by atoms with Crippen LogP contribution in [0.2, 0.25) is 0 Å². The van der Waals surface area contributed by atoms with Gasteiger partial charge in [-0.1, -0.05) is 18.2 Å². The normalized spacial score (nSPS) is 12.9. The van der Waals surface area contributed by atoms with E-state index in [9.17, 15) is 4.79 Å². The number of fused-ring (bicyclic) bond motifs is 1. The summed E-state index contributed by atoms with van der Waals surface area (Å²) in [4.78, 5) is 15.5. The Labute approximate surface area is 165 Å². The number of nitrogens with one attached hydrogen (secondary N) is 2. The lowest BCUT2D eigenvalue weighted by atomic mass is 10.1. The van der Waals surface area contributed by atoms with Gasteiger partial charge in [0, 0.05) is 18.3 Å². The third-order valence-corrected chi connectivity index (χ3v) is 4.05. The Hall–Kier alpha value is -2.09. The first-order valence-corrected chi connectivity index (χ1v) is 8.15. The maximum atomic E-state index is 11.1. The summed E-state index contributed by atoms with van der Waals surface area (Å²) in [6.07, 6.45) is 3.54. The number of hydrogen-bond acceptors (Lipinski definition) is 2. The maximum Gasteiger partial charge on any atom is 0.221 e. The summed E-state index contributed by atoms with van der Waals surface area (Å²) in [5.41, 5.74) is 11.5. The molecule has 0 radical (unpaired) electrons. The van der Waals surface area contributed by atoms with Crippen LogP contribution in [0.15, 0.2) is 47.5 Å². The number of carbonyl (C=O) groups is 1. The standard InChI is InChI=1S/C19H22N4O.HI/c1-13(24)22-17-7-2-4-14(10-17)12-21-19(20)23-18-9-8-15-5-3-6-16(15)11-18;/h2,4,7-11H,3,5-6,12H2,1H3,(H,22,24)(H3,20,21,23);1H. The highest BCUT2D eigenvalue weighted by atomic mass is 127. The second kappa shape index (κ2) is 8.84. The molecule has 0 bridgehead atoms. The van der Waals surface area contributed by atoms with Gasteiger partial charge in [-0.3, -0.25) is 4.79 Å². The van der Waals surface area contributed by atoms with Gasteiger partial charge in [-0.25, -0.2) is 4.99 Å². The molecule has 0 aromatic heterocycles. The van der Waals surface area contributed by atoms with E-state index >= 15 is 0 Å². The molecule has 0 spiro atoms. The molecule has 4 N–H and O–H groups in total. The molecule has 1 amide bonds. The van der Waals surface area contributed by atoms with Crippen molar-refractivity contribution in [2.75, 3.05) is 10.6 Å². The van der Waals surface area contributed by atoms with Gasteiger partial charge in [-0.05, 0) is 60.2 Å². The van der Waals surface area contributed by atoms with E-state index in [0.29, 0.717) is 12.5 Å². The summed E-state index contributed by atoms with van der Waals surface area (Å²) < 4.78 is 0. The molecule has 6 heteroatoms. The van der Waals surface area contributed by atoms with E-state index in [4.69, 9.17) is 5.73 Å². The number of rotatable bonds is 4. The van der Waals surface area contributed by atoms with Crippen LogP contribution in [0.25, 0.3) is 0 Å². The highest BCUT2D eigenvalue weighted by molar-refractivity contribution is 14.0. The zero-order valence-corrected chi connectivity index (χ0v) is 16.5. The monoisotopic (exact) mass is 450 g/mol. The van der Waals surface area contributed by atoms with E-state index in [2.05, 4.69) is 27.8 Å². The molecule has 1 aliphatic carbocycles. The SMILES string of the molecule is CC(=O)Nc1cccc(CN=C(N)Nc2ccc3c(c2)CCC3)c1.I. The first kappa shape index (κ1) is 19.2. The van der Waals surface area contributed by atoms with Crippen molar-refractivity contribution in [3.8, 4) is 0 Å². The van der Waals surface area contributed by atoms with Gasteiger partial charge in [-0.2, -0.15) is 0 Å².